The quantitative estimate of drug-likeness (QED) is 0.890. The summed E-state index contributed by atoms with van der Waals surface area (Å²) in [5.74, 6) is 0.844. The van der Waals surface area contributed by atoms with Gasteiger partial charge in [0.15, 0.2) is 0 Å². The lowest BCUT2D eigenvalue weighted by molar-refractivity contribution is 0.109. The molecule has 0 aromatic heterocycles. The van der Waals surface area contributed by atoms with Crippen LogP contribution in [0.5, 0.6) is 0 Å². The normalized spacial score (nSPS) is 21.1. The maximum Gasteiger partial charge on any atom is 0.0409 e. The molecule has 1 saturated heterocycles. The van der Waals surface area contributed by atoms with Crippen molar-refractivity contribution in [1.82, 2.24) is 10.2 Å². The van der Waals surface area contributed by atoms with Crippen LogP contribution in [0.1, 0.15) is 37.7 Å². The predicted molar refractivity (Wildman–Crippen MR) is 85.1 cm³/mol. The van der Waals surface area contributed by atoms with E-state index in [2.05, 4.69) is 28.4 Å². The van der Waals surface area contributed by atoms with Crippen LogP contribution in [0.4, 0.5) is 0 Å². The molecule has 0 spiro atoms. The van der Waals surface area contributed by atoms with E-state index in [4.69, 9.17) is 11.6 Å². The summed E-state index contributed by atoms with van der Waals surface area (Å²) < 4.78 is 0. The Kier molecular flexibility index (Phi) is 4.98. The van der Waals surface area contributed by atoms with Crippen LogP contribution in [0.2, 0.25) is 5.02 Å². The van der Waals surface area contributed by atoms with Crippen LogP contribution < -0.4 is 5.32 Å². The number of hydrogen-bond donors (Lipinski definition) is 1. The summed E-state index contributed by atoms with van der Waals surface area (Å²) >= 11 is 6.13. The minimum atomic E-state index is 0.781. The molecular formula is C17H25ClN2. The van der Waals surface area contributed by atoms with Gasteiger partial charge >= 0.3 is 0 Å². The zero-order chi connectivity index (χ0) is 13.8. The number of benzene rings is 1. The van der Waals surface area contributed by atoms with Gasteiger partial charge in [0.05, 0.1) is 0 Å². The molecular weight excluding hydrogens is 268 g/mol. The summed E-state index contributed by atoms with van der Waals surface area (Å²) in [6.45, 7) is 4.68. The first kappa shape index (κ1) is 14.4. The van der Waals surface area contributed by atoms with E-state index in [0.717, 1.165) is 23.5 Å². The Balaban J connectivity index is 1.66. The van der Waals surface area contributed by atoms with Crippen LogP contribution in [0.3, 0.4) is 0 Å². The van der Waals surface area contributed by atoms with Gasteiger partial charge in [-0.3, -0.25) is 4.90 Å². The third-order valence-corrected chi connectivity index (χ3v) is 4.96. The van der Waals surface area contributed by atoms with Crippen LogP contribution in [-0.4, -0.2) is 30.6 Å². The number of nitrogens with one attached hydrogen (secondary N) is 1. The van der Waals surface area contributed by atoms with Crippen molar-refractivity contribution in [2.24, 2.45) is 5.92 Å². The Bertz CT molecular complexity index is 425. The van der Waals surface area contributed by atoms with E-state index in [0.29, 0.717) is 0 Å². The largest absolute Gasteiger partial charge is 0.316 e. The van der Waals surface area contributed by atoms with Gasteiger partial charge in [-0.2, -0.15) is 0 Å². The fourth-order valence-electron chi connectivity index (χ4n) is 3.47. The van der Waals surface area contributed by atoms with Crippen LogP contribution in [0.25, 0.3) is 0 Å². The van der Waals surface area contributed by atoms with Gasteiger partial charge in [0.1, 0.15) is 0 Å². The van der Waals surface area contributed by atoms with Crippen molar-refractivity contribution in [3.8, 4) is 0 Å². The topological polar surface area (TPSA) is 15.3 Å². The van der Waals surface area contributed by atoms with Crippen LogP contribution >= 0.6 is 11.6 Å². The maximum atomic E-state index is 6.13. The van der Waals surface area contributed by atoms with Gasteiger partial charge in [-0.1, -0.05) is 43.0 Å². The number of hydrogen-bond acceptors (Lipinski definition) is 2. The molecule has 1 N–H and O–H groups in total. The first-order valence-corrected chi connectivity index (χ1v) is 8.38. The molecule has 1 saturated carbocycles. The van der Waals surface area contributed by atoms with Gasteiger partial charge in [-0.05, 0) is 36.5 Å². The second-order valence-electron chi connectivity index (χ2n) is 6.38. The third kappa shape index (κ3) is 3.75. The molecule has 0 atom stereocenters. The van der Waals surface area contributed by atoms with Gasteiger partial charge < -0.3 is 5.32 Å². The Morgan fingerprint density at radius 2 is 1.95 bits per heavy atom. The van der Waals surface area contributed by atoms with Crippen LogP contribution in [0.15, 0.2) is 24.3 Å². The summed E-state index contributed by atoms with van der Waals surface area (Å²) in [4.78, 5) is 2.72. The van der Waals surface area contributed by atoms with Gasteiger partial charge in [0.2, 0.25) is 0 Å². The monoisotopic (exact) mass is 292 g/mol. The highest BCUT2D eigenvalue weighted by Crippen LogP contribution is 2.26. The van der Waals surface area contributed by atoms with E-state index in [1.54, 1.807) is 0 Å². The summed E-state index contributed by atoms with van der Waals surface area (Å²) in [5.41, 5.74) is 1.36. The van der Waals surface area contributed by atoms with Gasteiger partial charge in [-0.15, -0.1) is 0 Å². The average Bonchev–Trinajstić information content (AvgIpc) is 2.42. The van der Waals surface area contributed by atoms with E-state index in [1.165, 1.54) is 57.3 Å². The molecule has 2 nitrogen and oxygen atoms in total. The van der Waals surface area contributed by atoms with Crippen molar-refractivity contribution >= 4 is 11.6 Å². The molecule has 2 fully saturated rings. The standard InChI is InChI=1S/C17H25ClN2/c18-16-6-4-5-14(9-16)12-20(13-15-10-19-11-15)17-7-2-1-3-8-17/h4-6,9,15,17,19H,1-3,7-8,10-13H2. The van der Waals surface area contributed by atoms with Crippen LogP contribution in [0, 0.1) is 5.92 Å². The summed E-state index contributed by atoms with van der Waals surface area (Å²) in [6, 6.07) is 9.15. The SMILES string of the molecule is Clc1cccc(CN(CC2CNC2)C2CCCCC2)c1. The predicted octanol–water partition coefficient (Wildman–Crippen LogP) is 3.69. The Hall–Kier alpha value is -0.570. The molecule has 20 heavy (non-hydrogen) atoms. The molecule has 0 unspecified atom stereocenters. The highest BCUT2D eigenvalue weighted by molar-refractivity contribution is 6.30. The van der Waals surface area contributed by atoms with Crippen molar-refractivity contribution in [3.63, 3.8) is 0 Å². The Morgan fingerprint density at radius 1 is 1.15 bits per heavy atom. The molecule has 3 heteroatoms. The molecule has 0 bridgehead atoms. The minimum absolute atomic E-state index is 0.781. The van der Waals surface area contributed by atoms with E-state index in [-0.39, 0.29) is 0 Å². The molecule has 1 aliphatic carbocycles. The third-order valence-electron chi connectivity index (χ3n) is 4.72. The lowest BCUT2D eigenvalue weighted by Gasteiger charge is -2.39. The smallest absolute Gasteiger partial charge is 0.0409 e. The highest BCUT2D eigenvalue weighted by Gasteiger charge is 2.26. The van der Waals surface area contributed by atoms with Gasteiger partial charge in [0, 0.05) is 37.2 Å². The molecule has 2 aliphatic rings. The van der Waals surface area contributed by atoms with Crippen molar-refractivity contribution in [2.75, 3.05) is 19.6 Å². The fraction of sp³-hybridized carbons (Fsp3) is 0.647. The molecule has 0 amide bonds. The number of halogens is 1. The fourth-order valence-corrected chi connectivity index (χ4v) is 3.68. The van der Waals surface area contributed by atoms with Crippen molar-refractivity contribution in [1.29, 1.82) is 0 Å². The van der Waals surface area contributed by atoms with E-state index >= 15 is 0 Å². The average molecular weight is 293 g/mol. The Morgan fingerprint density at radius 3 is 2.60 bits per heavy atom. The van der Waals surface area contributed by atoms with Crippen molar-refractivity contribution < 1.29 is 0 Å². The molecule has 3 rings (SSSR count). The van der Waals surface area contributed by atoms with Crippen molar-refractivity contribution in [3.05, 3.63) is 34.9 Å². The van der Waals surface area contributed by atoms with E-state index in [1.807, 2.05) is 6.07 Å². The van der Waals surface area contributed by atoms with Gasteiger partial charge in [0.25, 0.3) is 0 Å². The minimum Gasteiger partial charge on any atom is -0.316 e. The lowest BCUT2D eigenvalue weighted by Crippen LogP contribution is -2.50. The lowest BCUT2D eigenvalue weighted by atomic mass is 9.92. The first-order chi connectivity index (χ1) is 9.81. The maximum absolute atomic E-state index is 6.13. The molecule has 1 aromatic rings. The second kappa shape index (κ2) is 6.93. The molecule has 1 heterocycles. The Labute approximate surface area is 127 Å². The van der Waals surface area contributed by atoms with E-state index in [9.17, 15) is 0 Å². The summed E-state index contributed by atoms with van der Waals surface area (Å²) in [5, 5.41) is 4.25. The first-order valence-electron chi connectivity index (χ1n) is 8.00. The highest BCUT2D eigenvalue weighted by atomic mass is 35.5. The van der Waals surface area contributed by atoms with Crippen molar-refractivity contribution in [2.45, 2.75) is 44.7 Å². The zero-order valence-electron chi connectivity index (χ0n) is 12.2. The molecule has 1 aromatic carbocycles. The number of rotatable bonds is 5. The van der Waals surface area contributed by atoms with Crippen LogP contribution in [-0.2, 0) is 6.54 Å². The van der Waals surface area contributed by atoms with Gasteiger partial charge in [-0.25, -0.2) is 0 Å². The van der Waals surface area contributed by atoms with E-state index < -0.39 is 0 Å². The molecule has 1 aliphatic heterocycles. The summed E-state index contributed by atoms with van der Waals surface area (Å²) in [6.07, 6.45) is 6.98. The second-order valence-corrected chi connectivity index (χ2v) is 6.81. The molecule has 110 valence electrons. The summed E-state index contributed by atoms with van der Waals surface area (Å²) in [7, 11) is 0. The zero-order valence-corrected chi connectivity index (χ0v) is 12.9. The molecule has 0 radical (unpaired) electrons. The number of nitrogens with zero attached hydrogens (tertiary/aromatic N) is 1.